The Morgan fingerprint density at radius 3 is 2.00 bits per heavy atom. The fraction of sp³-hybridized carbons (Fsp3) is 0.294. The van der Waals surface area contributed by atoms with Crippen molar-refractivity contribution in [2.75, 3.05) is 13.1 Å². The topological polar surface area (TPSA) is 3.24 Å². The fourth-order valence-corrected chi connectivity index (χ4v) is 2.99. The summed E-state index contributed by atoms with van der Waals surface area (Å²) in [5.41, 5.74) is 2.91. The summed E-state index contributed by atoms with van der Waals surface area (Å²) in [4.78, 5) is 2.55. The van der Waals surface area contributed by atoms with Gasteiger partial charge < -0.3 is 0 Å². The number of benzene rings is 2. The molecule has 0 bridgehead atoms. The first-order valence-electron chi connectivity index (χ1n) is 6.74. The molecule has 0 amide bonds. The van der Waals surface area contributed by atoms with E-state index in [-0.39, 0.29) is 0 Å². The van der Waals surface area contributed by atoms with E-state index < -0.39 is 0 Å². The summed E-state index contributed by atoms with van der Waals surface area (Å²) in [5, 5.41) is 0. The molecule has 0 aromatic heterocycles. The van der Waals surface area contributed by atoms with Gasteiger partial charge in [0.15, 0.2) is 0 Å². The van der Waals surface area contributed by atoms with Crippen LogP contribution >= 0.6 is 0 Å². The molecule has 0 spiro atoms. The zero-order valence-electron chi connectivity index (χ0n) is 10.8. The lowest BCUT2D eigenvalue weighted by Crippen LogP contribution is -2.47. The van der Waals surface area contributed by atoms with Crippen LogP contribution in [0.4, 0.5) is 0 Å². The van der Waals surface area contributed by atoms with Gasteiger partial charge in [-0.2, -0.15) is 0 Å². The van der Waals surface area contributed by atoms with Crippen molar-refractivity contribution in [2.45, 2.75) is 18.9 Å². The van der Waals surface area contributed by atoms with Gasteiger partial charge in [-0.3, -0.25) is 4.90 Å². The molecular formula is C17H19N. The second-order valence-corrected chi connectivity index (χ2v) is 4.96. The molecule has 1 nitrogen and oxygen atoms in total. The zero-order chi connectivity index (χ0) is 12.4. The highest BCUT2D eigenvalue weighted by molar-refractivity contribution is 5.32. The van der Waals surface area contributed by atoms with Crippen molar-refractivity contribution in [3.05, 3.63) is 71.8 Å². The van der Waals surface area contributed by atoms with E-state index in [1.165, 1.54) is 17.7 Å². The van der Waals surface area contributed by atoms with Gasteiger partial charge in [-0.15, -0.1) is 0 Å². The van der Waals surface area contributed by atoms with Crippen LogP contribution in [-0.2, 0) is 0 Å². The number of hydrogen-bond donors (Lipinski definition) is 0. The average Bonchev–Trinajstić information content (AvgIpc) is 2.41. The number of rotatable bonds is 3. The van der Waals surface area contributed by atoms with Gasteiger partial charge >= 0.3 is 0 Å². The predicted molar refractivity (Wildman–Crippen MR) is 75.6 cm³/mol. The van der Waals surface area contributed by atoms with Crippen molar-refractivity contribution in [2.24, 2.45) is 0 Å². The van der Waals surface area contributed by atoms with Crippen LogP contribution in [0, 0.1) is 0 Å². The summed E-state index contributed by atoms with van der Waals surface area (Å²) in [7, 11) is 0. The van der Waals surface area contributed by atoms with Gasteiger partial charge in [0.1, 0.15) is 0 Å². The molecule has 0 aliphatic carbocycles. The molecule has 1 heteroatoms. The van der Waals surface area contributed by atoms with E-state index in [4.69, 9.17) is 0 Å². The van der Waals surface area contributed by atoms with Crippen molar-refractivity contribution in [3.63, 3.8) is 0 Å². The molecule has 3 rings (SSSR count). The smallest absolute Gasteiger partial charge is 0.0429 e. The highest BCUT2D eigenvalue weighted by Crippen LogP contribution is 2.44. The van der Waals surface area contributed by atoms with Crippen molar-refractivity contribution in [1.82, 2.24) is 4.90 Å². The molecule has 1 aliphatic heterocycles. The van der Waals surface area contributed by atoms with Gasteiger partial charge in [0.25, 0.3) is 0 Å². The number of likely N-dealkylation sites (N-methyl/N-ethyl adjacent to an activating group) is 1. The maximum Gasteiger partial charge on any atom is 0.0429 e. The molecule has 92 valence electrons. The first-order valence-corrected chi connectivity index (χ1v) is 6.74. The second kappa shape index (κ2) is 4.95. The van der Waals surface area contributed by atoms with Crippen molar-refractivity contribution in [1.29, 1.82) is 0 Å². The lowest BCUT2D eigenvalue weighted by molar-refractivity contribution is 0.0651. The van der Waals surface area contributed by atoms with Crippen LogP contribution in [0.25, 0.3) is 0 Å². The number of likely N-dealkylation sites (tertiary alicyclic amines) is 1. The Morgan fingerprint density at radius 2 is 1.44 bits per heavy atom. The summed E-state index contributed by atoms with van der Waals surface area (Å²) in [6.07, 6.45) is 0. The Hall–Kier alpha value is -1.60. The molecule has 0 radical (unpaired) electrons. The quantitative estimate of drug-likeness (QED) is 0.784. The van der Waals surface area contributed by atoms with E-state index in [2.05, 4.69) is 72.5 Å². The van der Waals surface area contributed by atoms with Gasteiger partial charge in [-0.1, -0.05) is 67.6 Å². The van der Waals surface area contributed by atoms with Crippen LogP contribution in [0.15, 0.2) is 60.7 Å². The summed E-state index contributed by atoms with van der Waals surface area (Å²) < 4.78 is 0. The Kier molecular flexibility index (Phi) is 3.16. The molecule has 1 aliphatic rings. The first kappa shape index (κ1) is 11.5. The third kappa shape index (κ3) is 1.95. The molecule has 1 saturated heterocycles. The SMILES string of the molecule is CCN1C[C@H](c2ccccc2)[C@@H]1c1ccccc1. The van der Waals surface area contributed by atoms with E-state index >= 15 is 0 Å². The normalized spacial score (nSPS) is 23.6. The lowest BCUT2D eigenvalue weighted by atomic mass is 9.79. The number of hydrogen-bond acceptors (Lipinski definition) is 1. The largest absolute Gasteiger partial charge is 0.295 e. The zero-order valence-corrected chi connectivity index (χ0v) is 10.8. The Balaban J connectivity index is 1.89. The summed E-state index contributed by atoms with van der Waals surface area (Å²) in [6, 6.07) is 22.3. The van der Waals surface area contributed by atoms with Crippen LogP contribution in [0.3, 0.4) is 0 Å². The van der Waals surface area contributed by atoms with Crippen LogP contribution < -0.4 is 0 Å². The summed E-state index contributed by atoms with van der Waals surface area (Å²) >= 11 is 0. The standard InChI is InChI=1S/C17H19N/c1-2-18-13-16(14-9-5-3-6-10-14)17(18)15-11-7-4-8-12-15/h3-12,16-17H,2,13H2,1H3/t16-,17+/m1/s1. The second-order valence-electron chi connectivity index (χ2n) is 4.96. The monoisotopic (exact) mass is 237 g/mol. The fourth-order valence-electron chi connectivity index (χ4n) is 2.99. The molecule has 2 aromatic rings. The molecule has 18 heavy (non-hydrogen) atoms. The molecule has 0 N–H and O–H groups in total. The third-order valence-corrected chi connectivity index (χ3v) is 3.98. The first-order chi connectivity index (χ1) is 8.90. The Bertz CT molecular complexity index is 492. The van der Waals surface area contributed by atoms with E-state index in [0.29, 0.717) is 12.0 Å². The van der Waals surface area contributed by atoms with Crippen molar-refractivity contribution < 1.29 is 0 Å². The maximum absolute atomic E-state index is 2.55. The highest BCUT2D eigenvalue weighted by Gasteiger charge is 2.39. The highest BCUT2D eigenvalue weighted by atomic mass is 15.2. The minimum absolute atomic E-state index is 0.554. The van der Waals surface area contributed by atoms with Crippen LogP contribution in [0.2, 0.25) is 0 Å². The number of nitrogens with zero attached hydrogens (tertiary/aromatic N) is 1. The van der Waals surface area contributed by atoms with Gasteiger partial charge in [0.05, 0.1) is 0 Å². The molecule has 0 unspecified atom stereocenters. The van der Waals surface area contributed by atoms with Crippen LogP contribution in [0.1, 0.15) is 30.0 Å². The van der Waals surface area contributed by atoms with Crippen LogP contribution in [0.5, 0.6) is 0 Å². The van der Waals surface area contributed by atoms with E-state index in [0.717, 1.165) is 6.54 Å². The Labute approximate surface area is 109 Å². The maximum atomic E-state index is 2.55. The third-order valence-electron chi connectivity index (χ3n) is 3.98. The van der Waals surface area contributed by atoms with E-state index in [1.807, 2.05) is 0 Å². The van der Waals surface area contributed by atoms with Gasteiger partial charge in [-0.05, 0) is 17.7 Å². The molecule has 2 atom stereocenters. The lowest BCUT2D eigenvalue weighted by Gasteiger charge is -2.48. The van der Waals surface area contributed by atoms with Crippen molar-refractivity contribution >= 4 is 0 Å². The molecule has 0 saturated carbocycles. The summed E-state index contributed by atoms with van der Waals surface area (Å²) in [6.45, 7) is 4.56. The van der Waals surface area contributed by atoms with Gasteiger partial charge in [0, 0.05) is 18.5 Å². The average molecular weight is 237 g/mol. The van der Waals surface area contributed by atoms with Crippen molar-refractivity contribution in [3.8, 4) is 0 Å². The molecule has 1 fully saturated rings. The minimum atomic E-state index is 0.554. The molecular weight excluding hydrogens is 218 g/mol. The van der Waals surface area contributed by atoms with E-state index in [1.54, 1.807) is 0 Å². The predicted octanol–water partition coefficient (Wildman–Crippen LogP) is 3.85. The van der Waals surface area contributed by atoms with Gasteiger partial charge in [0.2, 0.25) is 0 Å². The molecule has 1 heterocycles. The van der Waals surface area contributed by atoms with Gasteiger partial charge in [-0.25, -0.2) is 0 Å². The van der Waals surface area contributed by atoms with Crippen LogP contribution in [-0.4, -0.2) is 18.0 Å². The Morgan fingerprint density at radius 1 is 0.889 bits per heavy atom. The minimum Gasteiger partial charge on any atom is -0.295 e. The summed E-state index contributed by atoms with van der Waals surface area (Å²) in [5.74, 6) is 0.647. The van der Waals surface area contributed by atoms with E-state index in [9.17, 15) is 0 Å². The molecule has 2 aromatic carbocycles.